The van der Waals surface area contributed by atoms with Crippen LogP contribution in [0.25, 0.3) is 11.3 Å². The number of phenolic OH excluding ortho intramolecular Hbond substituents is 1. The number of benzene rings is 1. The maximum atomic E-state index is 10.3. The van der Waals surface area contributed by atoms with Crippen LogP contribution in [-0.4, -0.2) is 70.0 Å². The summed E-state index contributed by atoms with van der Waals surface area (Å²) in [6.07, 6.45) is 8.06. The van der Waals surface area contributed by atoms with E-state index < -0.39 is 0 Å². The van der Waals surface area contributed by atoms with Gasteiger partial charge >= 0.3 is 0 Å². The first-order valence-corrected chi connectivity index (χ1v) is 14.1. The number of nitrogens with two attached hydrogens (primary N) is 1. The summed E-state index contributed by atoms with van der Waals surface area (Å²) in [7, 11) is 2.19. The molecule has 1 aliphatic carbocycles. The van der Waals surface area contributed by atoms with E-state index in [9.17, 15) is 5.11 Å². The molecule has 0 amide bonds. The van der Waals surface area contributed by atoms with Gasteiger partial charge in [0.15, 0.2) is 5.82 Å². The zero-order chi connectivity index (χ0) is 26.9. The van der Waals surface area contributed by atoms with Gasteiger partial charge in [-0.15, -0.1) is 10.2 Å². The average molecular weight is 524 g/mol. The first kappa shape index (κ1) is 25.4. The lowest BCUT2D eigenvalue weighted by molar-refractivity contribution is 0.229. The average Bonchev–Trinajstić information content (AvgIpc) is 3.49. The van der Waals surface area contributed by atoms with E-state index in [2.05, 4.69) is 67.8 Å². The number of aromatic hydroxyl groups is 1. The molecule has 0 spiro atoms. The summed E-state index contributed by atoms with van der Waals surface area (Å²) in [5, 5.41) is 18.8. The zero-order valence-electron chi connectivity index (χ0n) is 22.8. The summed E-state index contributed by atoms with van der Waals surface area (Å²) in [5.41, 5.74) is 10.5. The molecule has 0 radical (unpaired) electrons. The number of phenols is 1. The number of hydrogen-bond acceptors (Lipinski definition) is 8. The van der Waals surface area contributed by atoms with Crippen molar-refractivity contribution < 1.29 is 5.11 Å². The first-order chi connectivity index (χ1) is 19.0. The summed E-state index contributed by atoms with van der Waals surface area (Å²) in [6, 6.07) is 14.8. The maximum Gasteiger partial charge on any atom is 0.169 e. The fourth-order valence-corrected chi connectivity index (χ4v) is 6.79. The third kappa shape index (κ3) is 5.11. The molecule has 4 atom stereocenters. The Morgan fingerprint density at radius 1 is 1.05 bits per heavy atom. The second-order valence-electron chi connectivity index (χ2n) is 11.3. The quantitative estimate of drug-likeness (QED) is 0.482. The van der Waals surface area contributed by atoms with Gasteiger partial charge < -0.3 is 20.6 Å². The Kier molecular flexibility index (Phi) is 7.01. The topological polar surface area (TPSA) is 94.6 Å². The summed E-state index contributed by atoms with van der Waals surface area (Å²) < 4.78 is 0. The fourth-order valence-electron chi connectivity index (χ4n) is 6.79. The number of rotatable bonds is 5. The predicted molar refractivity (Wildman–Crippen MR) is 156 cm³/mol. The SMILES string of the molecule is C[C@H]1CCC[C@H]1N(C)CC#Cc1cc(N2C3CCC2CN(c2cc(-c4ccccc4O)nnc2N)C3)ccn1. The largest absolute Gasteiger partial charge is 0.507 e. The Hall–Kier alpha value is -3.83. The lowest BCUT2D eigenvalue weighted by Crippen LogP contribution is -2.54. The van der Waals surface area contributed by atoms with Crippen molar-refractivity contribution >= 4 is 17.2 Å². The predicted octanol–water partition coefficient (Wildman–Crippen LogP) is 4.16. The van der Waals surface area contributed by atoms with Crippen LogP contribution in [0.4, 0.5) is 17.2 Å². The number of piperazine rings is 1. The molecular weight excluding hydrogens is 486 g/mol. The van der Waals surface area contributed by atoms with Gasteiger partial charge in [0.25, 0.3) is 0 Å². The Labute approximate surface area is 230 Å². The van der Waals surface area contributed by atoms with Crippen molar-refractivity contribution in [3.8, 4) is 28.8 Å². The van der Waals surface area contributed by atoms with Crippen molar-refractivity contribution in [2.75, 3.05) is 42.2 Å². The van der Waals surface area contributed by atoms with Crippen LogP contribution in [0.5, 0.6) is 5.75 Å². The van der Waals surface area contributed by atoms with Crippen LogP contribution in [-0.2, 0) is 0 Å². The molecule has 6 rings (SSSR count). The Morgan fingerprint density at radius 3 is 2.59 bits per heavy atom. The van der Waals surface area contributed by atoms with Crippen LogP contribution < -0.4 is 15.5 Å². The molecule has 39 heavy (non-hydrogen) atoms. The van der Waals surface area contributed by atoms with Crippen LogP contribution >= 0.6 is 0 Å². The van der Waals surface area contributed by atoms with Gasteiger partial charge in [0, 0.05) is 48.7 Å². The van der Waals surface area contributed by atoms with Crippen LogP contribution in [0, 0.1) is 17.8 Å². The lowest BCUT2D eigenvalue weighted by atomic mass is 10.1. The molecule has 3 N–H and O–H groups in total. The third-order valence-electron chi connectivity index (χ3n) is 8.77. The van der Waals surface area contributed by atoms with Gasteiger partial charge in [0.2, 0.25) is 0 Å². The highest BCUT2D eigenvalue weighted by Gasteiger charge is 2.40. The molecule has 8 heteroatoms. The second kappa shape index (κ2) is 10.7. The Morgan fingerprint density at radius 2 is 1.85 bits per heavy atom. The van der Waals surface area contributed by atoms with E-state index in [1.807, 2.05) is 24.4 Å². The maximum absolute atomic E-state index is 10.3. The highest BCUT2D eigenvalue weighted by molar-refractivity contribution is 5.74. The van der Waals surface area contributed by atoms with Crippen LogP contribution in [0.15, 0.2) is 48.7 Å². The first-order valence-electron chi connectivity index (χ1n) is 14.1. The highest BCUT2D eigenvalue weighted by Crippen LogP contribution is 2.39. The zero-order valence-corrected chi connectivity index (χ0v) is 22.8. The second-order valence-corrected chi connectivity index (χ2v) is 11.3. The van der Waals surface area contributed by atoms with Crippen LogP contribution in [0.1, 0.15) is 44.7 Å². The van der Waals surface area contributed by atoms with Crippen molar-refractivity contribution in [1.82, 2.24) is 20.1 Å². The van der Waals surface area contributed by atoms with Crippen molar-refractivity contribution in [2.24, 2.45) is 5.92 Å². The van der Waals surface area contributed by atoms with E-state index >= 15 is 0 Å². The summed E-state index contributed by atoms with van der Waals surface area (Å²) in [5.74, 6) is 8.04. The number of hydrogen-bond donors (Lipinski definition) is 2. The molecule has 2 bridgehead atoms. The van der Waals surface area contributed by atoms with Gasteiger partial charge in [-0.25, -0.2) is 4.98 Å². The summed E-state index contributed by atoms with van der Waals surface area (Å²) in [6.45, 7) is 4.82. The van der Waals surface area contributed by atoms with Gasteiger partial charge in [-0.05, 0) is 74.9 Å². The molecular formula is C31H37N7O. The van der Waals surface area contributed by atoms with Gasteiger partial charge in [-0.2, -0.15) is 0 Å². The molecule has 2 saturated heterocycles. The normalized spacial score (nSPS) is 24.2. The molecule has 8 nitrogen and oxygen atoms in total. The number of para-hydroxylation sites is 1. The van der Waals surface area contributed by atoms with E-state index in [4.69, 9.17) is 5.73 Å². The van der Waals surface area contributed by atoms with Gasteiger partial charge in [-0.1, -0.05) is 31.4 Å². The number of nitrogens with zero attached hydrogens (tertiary/aromatic N) is 6. The van der Waals surface area contributed by atoms with Crippen molar-refractivity contribution in [1.29, 1.82) is 0 Å². The van der Waals surface area contributed by atoms with Crippen molar-refractivity contribution in [3.05, 3.63) is 54.4 Å². The molecule has 3 aliphatic rings. The number of aromatic nitrogens is 3. The van der Waals surface area contributed by atoms with Crippen molar-refractivity contribution in [3.63, 3.8) is 0 Å². The van der Waals surface area contributed by atoms with E-state index in [1.54, 1.807) is 12.1 Å². The fraction of sp³-hybridized carbons (Fsp3) is 0.452. The van der Waals surface area contributed by atoms with E-state index in [0.29, 0.717) is 35.2 Å². The number of pyridine rings is 1. The number of anilines is 3. The molecule has 2 aromatic heterocycles. The monoisotopic (exact) mass is 523 g/mol. The minimum Gasteiger partial charge on any atom is -0.507 e. The van der Waals surface area contributed by atoms with Gasteiger partial charge in [-0.3, -0.25) is 4.90 Å². The van der Waals surface area contributed by atoms with Crippen molar-refractivity contribution in [2.45, 2.75) is 57.2 Å². The van der Waals surface area contributed by atoms with Gasteiger partial charge in [0.05, 0.1) is 17.9 Å². The summed E-state index contributed by atoms with van der Waals surface area (Å²) in [4.78, 5) is 11.8. The molecule has 1 saturated carbocycles. The van der Waals surface area contributed by atoms with Crippen LogP contribution in [0.2, 0.25) is 0 Å². The molecule has 1 aromatic carbocycles. The van der Waals surface area contributed by atoms with E-state index in [-0.39, 0.29) is 5.75 Å². The minimum absolute atomic E-state index is 0.184. The molecule has 2 aliphatic heterocycles. The third-order valence-corrected chi connectivity index (χ3v) is 8.77. The minimum atomic E-state index is 0.184. The molecule has 202 valence electrons. The molecule has 3 aromatic rings. The Balaban J connectivity index is 1.17. The van der Waals surface area contributed by atoms with Crippen LogP contribution in [0.3, 0.4) is 0 Å². The van der Waals surface area contributed by atoms with Gasteiger partial charge in [0.1, 0.15) is 11.4 Å². The number of nitrogen functional groups attached to an aromatic ring is 1. The molecule has 3 fully saturated rings. The Bertz CT molecular complexity index is 1380. The summed E-state index contributed by atoms with van der Waals surface area (Å²) >= 11 is 0. The molecule has 4 heterocycles. The smallest absolute Gasteiger partial charge is 0.169 e. The standard InChI is InChI=1S/C31H37N7O/c1-21-7-5-10-28(21)36(2)16-6-8-22-17-23(14-15-33-22)38-24-12-13-25(38)20-37(19-24)29-18-27(34-35-31(29)32)26-9-3-4-11-30(26)39/h3-4,9,11,14-15,17-18,21,24-25,28,39H,5,7,10,12-13,16,19-20H2,1-2H3,(H2,32,35)/t21-,24?,25?,28+/m0/s1. The van der Waals surface area contributed by atoms with E-state index in [0.717, 1.165) is 49.8 Å². The lowest BCUT2D eigenvalue weighted by Gasteiger charge is -2.43. The highest BCUT2D eigenvalue weighted by atomic mass is 16.3. The number of fused-ring (bicyclic) bond motifs is 2. The molecule has 2 unspecified atom stereocenters. The van der Waals surface area contributed by atoms with E-state index in [1.165, 1.54) is 24.9 Å².